The quantitative estimate of drug-likeness (QED) is 0.411. The molecular formula is C35H38N2O4. The number of ether oxygens (including phenoxy) is 1. The van der Waals surface area contributed by atoms with Crippen molar-refractivity contribution in [2.75, 3.05) is 13.1 Å². The fourth-order valence-electron chi connectivity index (χ4n) is 8.94. The highest BCUT2D eigenvalue weighted by atomic mass is 16.5. The summed E-state index contributed by atoms with van der Waals surface area (Å²) in [7, 11) is 0. The minimum absolute atomic E-state index is 0.0336. The van der Waals surface area contributed by atoms with Gasteiger partial charge in [-0.15, -0.1) is 0 Å². The summed E-state index contributed by atoms with van der Waals surface area (Å²) in [4.78, 5) is 17.5. The predicted molar refractivity (Wildman–Crippen MR) is 156 cm³/mol. The Morgan fingerprint density at radius 2 is 1.61 bits per heavy atom. The van der Waals surface area contributed by atoms with Crippen molar-refractivity contribution in [1.82, 2.24) is 9.80 Å². The van der Waals surface area contributed by atoms with Crippen LogP contribution in [-0.4, -0.2) is 62.9 Å². The molecule has 1 saturated heterocycles. The van der Waals surface area contributed by atoms with E-state index in [1.807, 2.05) is 18.2 Å². The van der Waals surface area contributed by atoms with Gasteiger partial charge in [-0.3, -0.25) is 9.80 Å². The van der Waals surface area contributed by atoms with Gasteiger partial charge >= 0.3 is 5.97 Å². The molecule has 3 aromatic carbocycles. The first-order valence-electron chi connectivity index (χ1n) is 15.3. The van der Waals surface area contributed by atoms with E-state index in [4.69, 9.17) is 4.74 Å². The van der Waals surface area contributed by atoms with Crippen molar-refractivity contribution in [3.63, 3.8) is 0 Å². The van der Waals surface area contributed by atoms with Crippen LogP contribution >= 0.6 is 0 Å². The van der Waals surface area contributed by atoms with E-state index >= 15 is 0 Å². The molecule has 3 aliphatic carbocycles. The molecule has 2 N–H and O–H groups in total. The maximum atomic E-state index is 12.9. The molecule has 2 heterocycles. The molecule has 3 fully saturated rings. The van der Waals surface area contributed by atoms with Crippen molar-refractivity contribution >= 4 is 5.97 Å². The molecule has 212 valence electrons. The number of hydrogen-bond acceptors (Lipinski definition) is 5. The number of likely N-dealkylation sites (tertiary alicyclic amines) is 1. The number of aromatic carboxylic acids is 1. The summed E-state index contributed by atoms with van der Waals surface area (Å²) in [5.41, 5.74) is 3.32. The number of nitrogens with zero attached hydrogens (tertiary/aromatic N) is 2. The molecule has 1 unspecified atom stereocenters. The molecule has 41 heavy (non-hydrogen) atoms. The Kier molecular flexibility index (Phi) is 5.86. The molecule has 2 aliphatic heterocycles. The van der Waals surface area contributed by atoms with Gasteiger partial charge in [-0.05, 0) is 73.7 Å². The van der Waals surface area contributed by atoms with Crippen molar-refractivity contribution < 1.29 is 19.7 Å². The maximum absolute atomic E-state index is 12.9. The normalized spacial score (nSPS) is 31.5. The van der Waals surface area contributed by atoms with Gasteiger partial charge in [0, 0.05) is 37.3 Å². The molecular weight excluding hydrogens is 512 g/mol. The Hall–Kier alpha value is -3.19. The molecule has 8 rings (SSSR count). The van der Waals surface area contributed by atoms with Crippen LogP contribution in [0.4, 0.5) is 0 Å². The summed E-state index contributed by atoms with van der Waals surface area (Å²) in [6.07, 6.45) is 5.32. The lowest BCUT2D eigenvalue weighted by Gasteiger charge is -2.65. The van der Waals surface area contributed by atoms with Crippen LogP contribution in [0.2, 0.25) is 0 Å². The average Bonchev–Trinajstić information content (AvgIpc) is 3.72. The molecule has 2 saturated carbocycles. The molecule has 1 spiro atoms. The fraction of sp³-hybridized carbons (Fsp3) is 0.457. The number of piperidine rings is 1. The van der Waals surface area contributed by atoms with Crippen LogP contribution in [0.3, 0.4) is 0 Å². The topological polar surface area (TPSA) is 73.2 Å². The van der Waals surface area contributed by atoms with Gasteiger partial charge in [0.15, 0.2) is 0 Å². The van der Waals surface area contributed by atoms with Gasteiger partial charge in [-0.25, -0.2) is 4.79 Å². The number of rotatable bonds is 8. The zero-order valence-electron chi connectivity index (χ0n) is 23.4. The zero-order chi connectivity index (χ0) is 27.8. The molecule has 6 heteroatoms. The largest absolute Gasteiger partial charge is 0.487 e. The smallest absolute Gasteiger partial charge is 0.339 e. The zero-order valence-corrected chi connectivity index (χ0v) is 23.4. The van der Waals surface area contributed by atoms with Crippen molar-refractivity contribution in [2.24, 2.45) is 5.92 Å². The van der Waals surface area contributed by atoms with E-state index in [1.54, 1.807) is 6.07 Å². The van der Waals surface area contributed by atoms with Gasteiger partial charge < -0.3 is 14.9 Å². The summed E-state index contributed by atoms with van der Waals surface area (Å²) < 4.78 is 6.93. The Labute approximate surface area is 241 Å². The number of aliphatic hydroxyl groups is 1. The number of carboxylic acids is 1. The lowest BCUT2D eigenvalue weighted by Crippen LogP contribution is -2.78. The van der Waals surface area contributed by atoms with Crippen LogP contribution in [0, 0.1) is 5.92 Å². The van der Waals surface area contributed by atoms with Crippen LogP contribution in [0.25, 0.3) is 0 Å². The highest BCUT2D eigenvalue weighted by molar-refractivity contribution is 5.92. The highest BCUT2D eigenvalue weighted by Gasteiger charge is 2.73. The summed E-state index contributed by atoms with van der Waals surface area (Å²) in [6.45, 7) is 3.51. The van der Waals surface area contributed by atoms with Gasteiger partial charge in [-0.2, -0.15) is 0 Å². The first-order chi connectivity index (χ1) is 20.0. The van der Waals surface area contributed by atoms with Gasteiger partial charge in [0.25, 0.3) is 0 Å². The summed E-state index contributed by atoms with van der Waals surface area (Å²) in [5, 5.41) is 23.1. The van der Waals surface area contributed by atoms with Crippen molar-refractivity contribution in [3.05, 3.63) is 101 Å². The first kappa shape index (κ1) is 25.5. The van der Waals surface area contributed by atoms with Gasteiger partial charge in [0.2, 0.25) is 0 Å². The third-order valence-electron chi connectivity index (χ3n) is 10.9. The van der Waals surface area contributed by atoms with E-state index in [2.05, 4.69) is 58.3 Å². The summed E-state index contributed by atoms with van der Waals surface area (Å²) in [6, 6.07) is 25.0. The summed E-state index contributed by atoms with van der Waals surface area (Å²) in [5.74, 6) is 0.300. The number of benzene rings is 3. The maximum Gasteiger partial charge on any atom is 0.339 e. The monoisotopic (exact) mass is 550 g/mol. The van der Waals surface area contributed by atoms with Crippen LogP contribution in [0.1, 0.15) is 64.7 Å². The SMILES string of the molecule is O=C(O)c1ccc2c3c1OC1[C@H](N(Cc4ccccc4)Cc4ccccc4)CC[C@@]4(O)[C@@H](C2)N(CC2CC2)CC[C@]314. The molecule has 0 amide bonds. The third kappa shape index (κ3) is 3.84. The van der Waals surface area contributed by atoms with Crippen molar-refractivity contribution in [3.8, 4) is 5.75 Å². The van der Waals surface area contributed by atoms with E-state index in [0.29, 0.717) is 12.2 Å². The Bertz CT molecular complexity index is 1430. The second-order valence-corrected chi connectivity index (χ2v) is 13.1. The predicted octanol–water partition coefficient (Wildman–Crippen LogP) is 5.02. The standard InChI is InChI=1S/C35H38N2O4/c38-33(39)27-14-13-26-19-29-35(40)16-15-28(37(21-23-7-3-1-4-8-23)22-24-9-5-2-6-10-24)32-34(35,30(26)31(27)41-32)17-18-36(29)20-25-11-12-25/h1-10,13-14,25,28-29,32,40H,11-12,15-22H2,(H,38,39)/t28-,29-,32?,34+,35-/m1/s1. The second kappa shape index (κ2) is 9.41. The first-order valence-corrected chi connectivity index (χ1v) is 15.3. The van der Waals surface area contributed by atoms with Gasteiger partial charge in [0.1, 0.15) is 17.4 Å². The van der Waals surface area contributed by atoms with Gasteiger partial charge in [-0.1, -0.05) is 66.7 Å². The Morgan fingerprint density at radius 1 is 0.927 bits per heavy atom. The van der Waals surface area contributed by atoms with E-state index in [9.17, 15) is 15.0 Å². The third-order valence-corrected chi connectivity index (χ3v) is 10.9. The lowest BCUT2D eigenvalue weighted by molar-refractivity contribution is -0.201. The minimum atomic E-state index is -0.961. The van der Waals surface area contributed by atoms with Gasteiger partial charge in [0.05, 0.1) is 11.0 Å². The Balaban J connectivity index is 1.25. The molecule has 2 bridgehead atoms. The van der Waals surface area contributed by atoms with Crippen molar-refractivity contribution in [2.45, 2.75) is 80.8 Å². The number of hydrogen-bond donors (Lipinski definition) is 2. The Morgan fingerprint density at radius 3 is 2.24 bits per heavy atom. The lowest BCUT2D eigenvalue weighted by atomic mass is 9.48. The van der Waals surface area contributed by atoms with E-state index in [1.165, 1.54) is 29.5 Å². The minimum Gasteiger partial charge on any atom is -0.487 e. The second-order valence-electron chi connectivity index (χ2n) is 13.1. The summed E-state index contributed by atoms with van der Waals surface area (Å²) >= 11 is 0. The van der Waals surface area contributed by atoms with Crippen LogP contribution < -0.4 is 4.74 Å². The molecule has 5 atom stereocenters. The van der Waals surface area contributed by atoms with Crippen LogP contribution in [0.5, 0.6) is 5.75 Å². The number of carbonyl (C=O) groups is 1. The van der Waals surface area contributed by atoms with Crippen molar-refractivity contribution in [1.29, 1.82) is 0 Å². The van der Waals surface area contributed by atoms with E-state index in [0.717, 1.165) is 56.9 Å². The van der Waals surface area contributed by atoms with Crippen LogP contribution in [-0.2, 0) is 24.9 Å². The molecule has 5 aliphatic rings. The number of carboxylic acid groups (broad SMARTS) is 1. The van der Waals surface area contributed by atoms with E-state index in [-0.39, 0.29) is 23.8 Å². The molecule has 3 aromatic rings. The highest BCUT2D eigenvalue weighted by Crippen LogP contribution is 2.65. The molecule has 6 nitrogen and oxygen atoms in total. The molecule has 0 radical (unpaired) electrons. The van der Waals surface area contributed by atoms with Crippen LogP contribution in [0.15, 0.2) is 72.8 Å². The average molecular weight is 551 g/mol. The molecule has 0 aromatic heterocycles. The van der Waals surface area contributed by atoms with E-state index < -0.39 is 17.0 Å². The fourth-order valence-corrected chi connectivity index (χ4v) is 8.94.